The number of anilines is 1. The molecule has 0 heterocycles. The first-order valence-electron chi connectivity index (χ1n) is 7.51. The molecule has 22 heavy (non-hydrogen) atoms. The van der Waals surface area contributed by atoms with Crippen molar-refractivity contribution in [2.24, 2.45) is 0 Å². The van der Waals surface area contributed by atoms with Crippen LogP contribution in [0, 0.1) is 0 Å². The summed E-state index contributed by atoms with van der Waals surface area (Å²) in [5, 5.41) is 3.67. The zero-order valence-electron chi connectivity index (χ0n) is 13.0. The van der Waals surface area contributed by atoms with Gasteiger partial charge in [0, 0.05) is 16.3 Å². The fraction of sp³-hybridized carbons (Fsp3) is 0.278. The highest BCUT2D eigenvalue weighted by Gasteiger charge is 2.10. The van der Waals surface area contributed by atoms with Gasteiger partial charge in [-0.15, -0.1) is 0 Å². The number of carbonyl (C=O) groups is 1. The molecule has 0 aliphatic carbocycles. The maximum Gasteiger partial charge on any atom is 0.279 e. The molecule has 2 rings (SSSR count). The molecule has 3 nitrogen and oxygen atoms in total. The van der Waals surface area contributed by atoms with Gasteiger partial charge in [-0.05, 0) is 36.2 Å². The molecule has 2 aromatic rings. The quantitative estimate of drug-likeness (QED) is 0.843. The Morgan fingerprint density at radius 3 is 2.23 bits per heavy atom. The van der Waals surface area contributed by atoms with E-state index in [9.17, 15) is 4.79 Å². The summed E-state index contributed by atoms with van der Waals surface area (Å²) in [5.41, 5.74) is 3.28. The lowest BCUT2D eigenvalue weighted by atomic mass is 10.1. The number of hydrogen-bond acceptors (Lipinski definition) is 1. The summed E-state index contributed by atoms with van der Waals surface area (Å²) in [5.74, 6) is 0.0238. The number of likely N-dealkylation sites (N-methyl/N-ethyl adjacent to an activating group) is 1. The molecular formula is C18H22ClN2O+. The Kier molecular flexibility index (Phi) is 5.99. The molecule has 0 spiro atoms. The first-order valence-corrected chi connectivity index (χ1v) is 7.89. The van der Waals surface area contributed by atoms with Crippen LogP contribution in [-0.2, 0) is 17.8 Å². The number of carbonyl (C=O) groups excluding carboxylic acids is 1. The molecule has 0 bridgehead atoms. The lowest BCUT2D eigenvalue weighted by Crippen LogP contribution is -3.08. The second-order valence-electron chi connectivity index (χ2n) is 5.54. The summed E-state index contributed by atoms with van der Waals surface area (Å²) in [6.45, 7) is 3.33. The summed E-state index contributed by atoms with van der Waals surface area (Å²) in [7, 11) is 2.01. The van der Waals surface area contributed by atoms with E-state index in [2.05, 4.69) is 12.2 Å². The third kappa shape index (κ3) is 5.17. The number of quaternary nitrogens is 1. The van der Waals surface area contributed by atoms with Gasteiger partial charge in [-0.25, -0.2) is 0 Å². The van der Waals surface area contributed by atoms with Crippen molar-refractivity contribution in [1.82, 2.24) is 0 Å². The van der Waals surface area contributed by atoms with Gasteiger partial charge < -0.3 is 10.2 Å². The molecule has 4 heteroatoms. The minimum Gasteiger partial charge on any atom is -0.326 e. The number of rotatable bonds is 6. The highest BCUT2D eigenvalue weighted by molar-refractivity contribution is 6.30. The Morgan fingerprint density at radius 1 is 1.05 bits per heavy atom. The molecule has 0 aromatic heterocycles. The zero-order chi connectivity index (χ0) is 15.9. The molecule has 1 amide bonds. The SMILES string of the molecule is CCc1ccc(NC(=O)C[NH+](C)Cc2ccc(Cl)cc2)cc1. The number of nitrogens with one attached hydrogen (secondary N) is 2. The van der Waals surface area contributed by atoms with Crippen LogP contribution in [0.25, 0.3) is 0 Å². The highest BCUT2D eigenvalue weighted by atomic mass is 35.5. The number of hydrogen-bond donors (Lipinski definition) is 2. The Bertz CT molecular complexity index is 608. The third-order valence-corrected chi connectivity index (χ3v) is 3.78. The Balaban J connectivity index is 1.83. The molecule has 1 atom stereocenters. The molecule has 0 radical (unpaired) electrons. The monoisotopic (exact) mass is 317 g/mol. The Morgan fingerprint density at radius 2 is 1.64 bits per heavy atom. The topological polar surface area (TPSA) is 33.5 Å². The summed E-state index contributed by atoms with van der Waals surface area (Å²) in [4.78, 5) is 13.2. The average molecular weight is 318 g/mol. The summed E-state index contributed by atoms with van der Waals surface area (Å²) in [6, 6.07) is 15.7. The van der Waals surface area contributed by atoms with Crippen molar-refractivity contribution in [3.8, 4) is 0 Å². The third-order valence-electron chi connectivity index (χ3n) is 3.53. The lowest BCUT2D eigenvalue weighted by molar-refractivity contribution is -0.885. The molecule has 0 fully saturated rings. The van der Waals surface area contributed by atoms with E-state index in [0.29, 0.717) is 6.54 Å². The van der Waals surface area contributed by atoms with Crippen LogP contribution in [0.15, 0.2) is 48.5 Å². The fourth-order valence-corrected chi connectivity index (χ4v) is 2.44. The molecule has 2 N–H and O–H groups in total. The molecule has 0 aliphatic rings. The lowest BCUT2D eigenvalue weighted by Gasteiger charge is -2.14. The molecule has 116 valence electrons. The van der Waals surface area contributed by atoms with Crippen molar-refractivity contribution in [3.05, 3.63) is 64.7 Å². The van der Waals surface area contributed by atoms with Crippen LogP contribution in [0.5, 0.6) is 0 Å². The van der Waals surface area contributed by atoms with Crippen LogP contribution in [0.4, 0.5) is 5.69 Å². The van der Waals surface area contributed by atoms with Gasteiger partial charge in [0.2, 0.25) is 0 Å². The standard InChI is InChI=1S/C18H21ClN2O/c1-3-14-6-10-17(11-7-14)20-18(22)13-21(2)12-15-4-8-16(19)9-5-15/h4-11H,3,12-13H2,1-2H3,(H,20,22)/p+1. The highest BCUT2D eigenvalue weighted by Crippen LogP contribution is 2.10. The molecule has 0 saturated heterocycles. The number of benzene rings is 2. The van der Waals surface area contributed by atoms with Gasteiger partial charge in [-0.1, -0.05) is 42.8 Å². The van der Waals surface area contributed by atoms with Gasteiger partial charge >= 0.3 is 0 Å². The smallest absolute Gasteiger partial charge is 0.279 e. The van der Waals surface area contributed by atoms with E-state index in [-0.39, 0.29) is 5.91 Å². The average Bonchev–Trinajstić information content (AvgIpc) is 2.50. The van der Waals surface area contributed by atoms with E-state index in [1.807, 2.05) is 55.6 Å². The van der Waals surface area contributed by atoms with Gasteiger partial charge in [-0.2, -0.15) is 0 Å². The maximum absolute atomic E-state index is 12.1. The number of amides is 1. The Labute approximate surface area is 136 Å². The summed E-state index contributed by atoms with van der Waals surface area (Å²) >= 11 is 5.87. The minimum absolute atomic E-state index is 0.0238. The second kappa shape index (κ2) is 7.97. The van der Waals surface area contributed by atoms with Gasteiger partial charge in [0.15, 0.2) is 6.54 Å². The number of aryl methyl sites for hydroxylation is 1. The number of halogens is 1. The van der Waals surface area contributed by atoms with Crippen LogP contribution in [0.1, 0.15) is 18.1 Å². The summed E-state index contributed by atoms with van der Waals surface area (Å²) < 4.78 is 0. The fourth-order valence-electron chi connectivity index (χ4n) is 2.32. The molecular weight excluding hydrogens is 296 g/mol. The van der Waals surface area contributed by atoms with E-state index in [0.717, 1.165) is 28.6 Å². The van der Waals surface area contributed by atoms with Crippen molar-refractivity contribution >= 4 is 23.2 Å². The first-order chi connectivity index (χ1) is 10.6. The van der Waals surface area contributed by atoms with Crippen molar-refractivity contribution in [2.45, 2.75) is 19.9 Å². The molecule has 2 aromatic carbocycles. The minimum atomic E-state index is 0.0238. The van der Waals surface area contributed by atoms with Crippen molar-refractivity contribution in [3.63, 3.8) is 0 Å². The first kappa shape index (κ1) is 16.5. The zero-order valence-corrected chi connectivity index (χ0v) is 13.8. The van der Waals surface area contributed by atoms with Crippen LogP contribution in [0.2, 0.25) is 5.02 Å². The van der Waals surface area contributed by atoms with Crippen LogP contribution in [-0.4, -0.2) is 19.5 Å². The molecule has 0 saturated carbocycles. The van der Waals surface area contributed by atoms with E-state index >= 15 is 0 Å². The van der Waals surface area contributed by atoms with Crippen molar-refractivity contribution in [2.75, 3.05) is 18.9 Å². The Hall–Kier alpha value is -1.84. The predicted octanol–water partition coefficient (Wildman–Crippen LogP) is 2.56. The van der Waals surface area contributed by atoms with Crippen molar-refractivity contribution < 1.29 is 9.69 Å². The van der Waals surface area contributed by atoms with Crippen LogP contribution >= 0.6 is 11.6 Å². The van der Waals surface area contributed by atoms with Gasteiger partial charge in [0.05, 0.1) is 7.05 Å². The van der Waals surface area contributed by atoms with E-state index < -0.39 is 0 Å². The van der Waals surface area contributed by atoms with Gasteiger partial charge in [0.25, 0.3) is 5.91 Å². The van der Waals surface area contributed by atoms with Crippen LogP contribution < -0.4 is 10.2 Å². The van der Waals surface area contributed by atoms with Gasteiger partial charge in [-0.3, -0.25) is 4.79 Å². The second-order valence-corrected chi connectivity index (χ2v) is 5.97. The molecule has 1 unspecified atom stereocenters. The predicted molar refractivity (Wildman–Crippen MR) is 91.4 cm³/mol. The van der Waals surface area contributed by atoms with E-state index in [4.69, 9.17) is 11.6 Å². The van der Waals surface area contributed by atoms with Crippen molar-refractivity contribution in [1.29, 1.82) is 0 Å². The van der Waals surface area contributed by atoms with Gasteiger partial charge in [0.1, 0.15) is 6.54 Å². The summed E-state index contributed by atoms with van der Waals surface area (Å²) in [6.07, 6.45) is 1.00. The van der Waals surface area contributed by atoms with Crippen LogP contribution in [0.3, 0.4) is 0 Å². The maximum atomic E-state index is 12.1. The van der Waals surface area contributed by atoms with E-state index in [1.165, 1.54) is 11.1 Å². The normalized spacial score (nSPS) is 12.0. The van der Waals surface area contributed by atoms with E-state index in [1.54, 1.807) is 0 Å². The molecule has 0 aliphatic heterocycles. The largest absolute Gasteiger partial charge is 0.326 e.